The Kier molecular flexibility index (Phi) is 9.35. The highest BCUT2D eigenvalue weighted by Gasteiger charge is 2.38. The van der Waals surface area contributed by atoms with Crippen molar-refractivity contribution in [3.8, 4) is 11.3 Å². The topological polar surface area (TPSA) is 112 Å². The van der Waals surface area contributed by atoms with Crippen LogP contribution >= 0.6 is 15.9 Å². The first-order chi connectivity index (χ1) is 20.7. The van der Waals surface area contributed by atoms with Gasteiger partial charge >= 0.3 is 6.18 Å². The molecule has 0 radical (unpaired) electrons. The quantitative estimate of drug-likeness (QED) is 0.231. The minimum absolute atomic E-state index is 0.163. The third-order valence-corrected chi connectivity index (χ3v) is 7.66. The van der Waals surface area contributed by atoms with E-state index in [1.165, 1.54) is 23.1 Å². The number of nitrogens with two attached hydrogens (primary N) is 1. The SMILES string of the molecule is CC(N1CCNCC1)N(C(=O)c1ccccc1C(F)(F)F)c1ccc(CN)c(Nc2nccc(-c3cncc(Br)c3)n2)c1. The number of hydrogen-bond acceptors (Lipinski definition) is 8. The zero-order chi connectivity index (χ0) is 30.6. The van der Waals surface area contributed by atoms with E-state index >= 15 is 0 Å². The van der Waals surface area contributed by atoms with Crippen LogP contribution in [0.15, 0.2) is 77.7 Å². The largest absolute Gasteiger partial charge is 0.417 e. The third kappa shape index (κ3) is 7.02. The molecule has 1 unspecified atom stereocenters. The van der Waals surface area contributed by atoms with Gasteiger partial charge in [-0.1, -0.05) is 18.2 Å². The molecule has 2 aromatic carbocycles. The molecule has 43 heavy (non-hydrogen) atoms. The van der Waals surface area contributed by atoms with E-state index in [2.05, 4.69) is 46.4 Å². The molecule has 9 nitrogen and oxygen atoms in total. The number of amides is 1. The molecule has 4 N–H and O–H groups in total. The van der Waals surface area contributed by atoms with E-state index in [4.69, 9.17) is 5.73 Å². The number of carbonyl (C=O) groups is 1. The lowest BCUT2D eigenvalue weighted by Gasteiger charge is -2.40. The number of piperazine rings is 1. The first-order valence-electron chi connectivity index (χ1n) is 13.6. The first-order valence-corrected chi connectivity index (χ1v) is 14.4. The van der Waals surface area contributed by atoms with Crippen molar-refractivity contribution in [2.24, 2.45) is 5.73 Å². The van der Waals surface area contributed by atoms with Gasteiger partial charge in [0.05, 0.1) is 23.0 Å². The van der Waals surface area contributed by atoms with Crippen LogP contribution in [0.2, 0.25) is 0 Å². The van der Waals surface area contributed by atoms with E-state index in [1.807, 2.05) is 13.0 Å². The molecule has 224 valence electrons. The summed E-state index contributed by atoms with van der Waals surface area (Å²) in [6.45, 7) is 4.64. The molecule has 0 aliphatic carbocycles. The second-order valence-electron chi connectivity index (χ2n) is 9.96. The normalized spacial score (nSPS) is 14.7. The van der Waals surface area contributed by atoms with Gasteiger partial charge in [-0.05, 0) is 64.8 Å². The molecule has 5 rings (SSSR count). The summed E-state index contributed by atoms with van der Waals surface area (Å²) in [4.78, 5) is 30.7. The van der Waals surface area contributed by atoms with Gasteiger partial charge in [0.1, 0.15) is 0 Å². The smallest absolute Gasteiger partial charge is 0.326 e. The van der Waals surface area contributed by atoms with Gasteiger partial charge in [-0.2, -0.15) is 13.2 Å². The predicted molar refractivity (Wildman–Crippen MR) is 163 cm³/mol. The lowest BCUT2D eigenvalue weighted by atomic mass is 10.0. The van der Waals surface area contributed by atoms with Gasteiger partial charge in [0, 0.05) is 72.7 Å². The monoisotopic (exact) mass is 654 g/mol. The molecule has 13 heteroatoms. The number of halogens is 4. The molecule has 3 heterocycles. The summed E-state index contributed by atoms with van der Waals surface area (Å²) >= 11 is 3.42. The van der Waals surface area contributed by atoms with Crippen LogP contribution in [-0.2, 0) is 12.7 Å². The van der Waals surface area contributed by atoms with Crippen LogP contribution in [0.5, 0.6) is 0 Å². The van der Waals surface area contributed by atoms with Gasteiger partial charge in [-0.15, -0.1) is 0 Å². The zero-order valence-corrected chi connectivity index (χ0v) is 24.9. The van der Waals surface area contributed by atoms with Gasteiger partial charge in [-0.25, -0.2) is 9.97 Å². The lowest BCUT2D eigenvalue weighted by Crippen LogP contribution is -2.55. The highest BCUT2D eigenvalue weighted by molar-refractivity contribution is 9.10. The van der Waals surface area contributed by atoms with Crippen molar-refractivity contribution < 1.29 is 18.0 Å². The fraction of sp³-hybridized carbons (Fsp3) is 0.267. The van der Waals surface area contributed by atoms with Crippen molar-refractivity contribution in [3.63, 3.8) is 0 Å². The minimum atomic E-state index is -4.70. The van der Waals surface area contributed by atoms with Crippen LogP contribution in [0.25, 0.3) is 11.3 Å². The van der Waals surface area contributed by atoms with Crippen molar-refractivity contribution in [1.82, 2.24) is 25.2 Å². The zero-order valence-electron chi connectivity index (χ0n) is 23.3. The number of pyridine rings is 1. The number of nitrogens with zero attached hydrogens (tertiary/aromatic N) is 5. The summed E-state index contributed by atoms with van der Waals surface area (Å²) in [6, 6.07) is 13.6. The lowest BCUT2D eigenvalue weighted by molar-refractivity contribution is -0.137. The van der Waals surface area contributed by atoms with E-state index in [0.29, 0.717) is 48.8 Å². The van der Waals surface area contributed by atoms with Crippen molar-refractivity contribution in [1.29, 1.82) is 0 Å². The molecule has 4 aromatic rings. The highest BCUT2D eigenvalue weighted by Crippen LogP contribution is 2.35. The summed E-state index contributed by atoms with van der Waals surface area (Å²) < 4.78 is 42.7. The van der Waals surface area contributed by atoms with E-state index in [1.54, 1.807) is 42.9 Å². The molecule has 0 saturated carbocycles. The second-order valence-corrected chi connectivity index (χ2v) is 10.9. The van der Waals surface area contributed by atoms with Gasteiger partial charge in [-0.3, -0.25) is 19.6 Å². The Labute approximate surface area is 255 Å². The van der Waals surface area contributed by atoms with Gasteiger partial charge in [0.2, 0.25) is 5.95 Å². The van der Waals surface area contributed by atoms with E-state index in [-0.39, 0.29) is 12.5 Å². The Bertz CT molecular complexity index is 1600. The fourth-order valence-corrected chi connectivity index (χ4v) is 5.39. The Balaban J connectivity index is 1.55. The molecular formula is C30H30BrF3N8O. The van der Waals surface area contributed by atoms with E-state index in [0.717, 1.165) is 16.1 Å². The maximum Gasteiger partial charge on any atom is 0.417 e. The molecule has 1 saturated heterocycles. The number of alkyl halides is 3. The molecule has 1 amide bonds. The maximum absolute atomic E-state index is 14.1. The summed E-state index contributed by atoms with van der Waals surface area (Å²) in [5.41, 5.74) is 7.68. The number of carbonyl (C=O) groups excluding carboxylic acids is 1. The van der Waals surface area contributed by atoms with Crippen LogP contribution in [0.4, 0.5) is 30.5 Å². The van der Waals surface area contributed by atoms with Crippen LogP contribution in [0.3, 0.4) is 0 Å². The summed E-state index contributed by atoms with van der Waals surface area (Å²) in [7, 11) is 0. The standard InChI is InChI=1S/C30H30BrF3N8O/c1-19(41-12-10-36-11-13-41)42(28(43)24-4-2-3-5-25(24)30(32,33)34)23-7-6-20(16-35)27(15-23)40-29-38-9-8-26(39-29)21-14-22(31)18-37-17-21/h2-9,14-15,17-19,36H,10-13,16,35H2,1H3,(H,38,39,40). The molecule has 2 aromatic heterocycles. The first kappa shape index (κ1) is 30.5. The number of benzene rings is 2. The van der Waals surface area contributed by atoms with Crippen molar-refractivity contribution >= 4 is 39.2 Å². The number of nitrogens with one attached hydrogen (secondary N) is 2. The molecular weight excluding hydrogens is 625 g/mol. The van der Waals surface area contributed by atoms with Crippen LogP contribution < -0.4 is 21.3 Å². The van der Waals surface area contributed by atoms with Gasteiger partial charge in [0.25, 0.3) is 5.91 Å². The van der Waals surface area contributed by atoms with Crippen LogP contribution in [0, 0.1) is 0 Å². The predicted octanol–water partition coefficient (Wildman–Crippen LogP) is 5.42. The molecule has 1 atom stereocenters. The number of hydrogen-bond donors (Lipinski definition) is 3. The van der Waals surface area contributed by atoms with Gasteiger partial charge < -0.3 is 16.4 Å². The second kappa shape index (κ2) is 13.2. The van der Waals surface area contributed by atoms with E-state index < -0.39 is 29.4 Å². The summed E-state index contributed by atoms with van der Waals surface area (Å²) in [5, 5.41) is 6.47. The molecule has 1 aliphatic heterocycles. The van der Waals surface area contributed by atoms with Crippen molar-refractivity contribution in [3.05, 3.63) is 94.4 Å². The number of aromatic nitrogens is 3. The minimum Gasteiger partial charge on any atom is -0.326 e. The average molecular weight is 656 g/mol. The molecule has 0 bridgehead atoms. The molecule has 0 spiro atoms. The van der Waals surface area contributed by atoms with Crippen LogP contribution in [-0.4, -0.2) is 58.1 Å². The Morgan fingerprint density at radius 1 is 1.14 bits per heavy atom. The molecule has 1 aliphatic rings. The Hall–Kier alpha value is -3.91. The number of rotatable bonds is 8. The van der Waals surface area contributed by atoms with E-state index in [9.17, 15) is 18.0 Å². The van der Waals surface area contributed by atoms with Gasteiger partial charge in [0.15, 0.2) is 0 Å². The van der Waals surface area contributed by atoms with Crippen LogP contribution in [0.1, 0.15) is 28.4 Å². The van der Waals surface area contributed by atoms with Crippen molar-refractivity contribution in [2.75, 3.05) is 36.4 Å². The molecule has 1 fully saturated rings. The third-order valence-electron chi connectivity index (χ3n) is 7.23. The van der Waals surface area contributed by atoms with Crippen molar-refractivity contribution in [2.45, 2.75) is 25.8 Å². The Morgan fingerprint density at radius 3 is 2.63 bits per heavy atom. The Morgan fingerprint density at radius 2 is 1.91 bits per heavy atom. The average Bonchev–Trinajstić information content (AvgIpc) is 3.01. The highest BCUT2D eigenvalue weighted by atomic mass is 79.9. The summed E-state index contributed by atoms with van der Waals surface area (Å²) in [6.07, 6.45) is -0.282. The number of anilines is 3. The summed E-state index contributed by atoms with van der Waals surface area (Å²) in [5.74, 6) is -0.481. The fourth-order valence-electron chi connectivity index (χ4n) is 5.03. The maximum atomic E-state index is 14.1.